The molecule has 0 aromatic heterocycles. The van der Waals surface area contributed by atoms with Gasteiger partial charge in [0.15, 0.2) is 5.79 Å². The van der Waals surface area contributed by atoms with Crippen LogP contribution in [0.4, 0.5) is 0 Å². The third-order valence-corrected chi connectivity index (χ3v) is 7.26. The van der Waals surface area contributed by atoms with E-state index in [1.807, 2.05) is 13.8 Å². The maximum atomic E-state index is 12.1. The van der Waals surface area contributed by atoms with Gasteiger partial charge in [-0.05, 0) is 44.1 Å². The molecule has 2 aliphatic heterocycles. The molecule has 0 amide bonds. The summed E-state index contributed by atoms with van der Waals surface area (Å²) in [6.45, 7) is 12.6. The number of carbonyl (C=O) groups is 1. The molecule has 3 nitrogen and oxygen atoms in total. The van der Waals surface area contributed by atoms with Crippen molar-refractivity contribution in [3.8, 4) is 0 Å². The molecule has 4 atom stereocenters. The number of hydrogen-bond acceptors (Lipinski definition) is 3. The molecule has 1 saturated carbocycles. The SMILES string of the molecule is C=C1CCCC2(C)CCC3(O)OC12CC3(C)CCC(=O)C(C)C. The fraction of sp³-hybridized carbons (Fsp3) is 0.850. The summed E-state index contributed by atoms with van der Waals surface area (Å²) < 4.78 is 6.44. The van der Waals surface area contributed by atoms with Crippen molar-refractivity contribution >= 4 is 5.78 Å². The fourth-order valence-corrected chi connectivity index (χ4v) is 5.29. The van der Waals surface area contributed by atoms with Crippen LogP contribution >= 0.6 is 0 Å². The predicted octanol–water partition coefficient (Wildman–Crippen LogP) is 4.39. The van der Waals surface area contributed by atoms with E-state index < -0.39 is 11.4 Å². The smallest absolute Gasteiger partial charge is 0.172 e. The van der Waals surface area contributed by atoms with E-state index in [1.165, 1.54) is 6.42 Å². The van der Waals surface area contributed by atoms with Crippen LogP contribution in [0.25, 0.3) is 0 Å². The summed E-state index contributed by atoms with van der Waals surface area (Å²) >= 11 is 0. The lowest BCUT2D eigenvalue weighted by Gasteiger charge is -2.55. The van der Waals surface area contributed by atoms with Crippen LogP contribution in [0.2, 0.25) is 0 Å². The Kier molecular flexibility index (Phi) is 3.85. The third kappa shape index (κ3) is 2.26. The molecule has 0 radical (unpaired) electrons. The molecule has 1 aliphatic carbocycles. The summed E-state index contributed by atoms with van der Waals surface area (Å²) in [5, 5.41) is 11.3. The molecule has 1 N–H and O–H groups in total. The normalized spacial score (nSPS) is 46.1. The van der Waals surface area contributed by atoms with E-state index in [0.29, 0.717) is 19.3 Å². The molecular weight excluding hydrogens is 288 g/mol. The van der Waals surface area contributed by atoms with Crippen LogP contribution in [-0.4, -0.2) is 22.3 Å². The topological polar surface area (TPSA) is 46.5 Å². The van der Waals surface area contributed by atoms with E-state index in [9.17, 15) is 9.90 Å². The average Bonchev–Trinajstić information content (AvgIpc) is 2.68. The van der Waals surface area contributed by atoms with Crippen molar-refractivity contribution in [3.05, 3.63) is 12.2 Å². The van der Waals surface area contributed by atoms with Crippen LogP contribution < -0.4 is 0 Å². The summed E-state index contributed by atoms with van der Waals surface area (Å²) in [5.41, 5.74) is 0.473. The summed E-state index contributed by atoms with van der Waals surface area (Å²) in [5.74, 6) is -0.772. The van der Waals surface area contributed by atoms with Crippen molar-refractivity contribution in [2.24, 2.45) is 16.7 Å². The lowest BCUT2D eigenvalue weighted by molar-refractivity contribution is -0.303. The first kappa shape index (κ1) is 17.2. The highest BCUT2D eigenvalue weighted by atomic mass is 16.7. The van der Waals surface area contributed by atoms with E-state index in [4.69, 9.17) is 4.74 Å². The van der Waals surface area contributed by atoms with Gasteiger partial charge >= 0.3 is 0 Å². The molecule has 130 valence electrons. The zero-order valence-electron chi connectivity index (χ0n) is 15.2. The Labute approximate surface area is 140 Å². The third-order valence-electron chi connectivity index (χ3n) is 7.26. The second-order valence-electron chi connectivity index (χ2n) is 9.09. The first-order valence-electron chi connectivity index (χ1n) is 9.21. The van der Waals surface area contributed by atoms with Gasteiger partial charge in [0.1, 0.15) is 5.78 Å². The molecule has 3 rings (SSSR count). The standard InChI is InChI=1S/C20H32O3/c1-14(2)16(21)8-10-18(5)13-19-15(3)7-6-9-17(19,4)11-12-20(18,22)23-19/h14,22H,3,6-13H2,1-2,4-5H3. The lowest BCUT2D eigenvalue weighted by atomic mass is 9.58. The van der Waals surface area contributed by atoms with E-state index in [1.54, 1.807) is 0 Å². The molecule has 3 aliphatic rings. The summed E-state index contributed by atoms with van der Waals surface area (Å²) in [6, 6.07) is 0. The number of Topliss-reactive ketones (excluding diaryl/α,β-unsaturated/α-hetero) is 1. The van der Waals surface area contributed by atoms with Crippen LogP contribution in [-0.2, 0) is 9.53 Å². The van der Waals surface area contributed by atoms with Crippen molar-refractivity contribution in [2.75, 3.05) is 0 Å². The van der Waals surface area contributed by atoms with Crippen LogP contribution in [0.5, 0.6) is 0 Å². The number of carbonyl (C=O) groups excluding carboxylic acids is 1. The molecule has 0 aromatic rings. The van der Waals surface area contributed by atoms with Gasteiger partial charge < -0.3 is 9.84 Å². The van der Waals surface area contributed by atoms with Crippen molar-refractivity contribution in [2.45, 2.75) is 90.4 Å². The molecular formula is C20H32O3. The van der Waals surface area contributed by atoms with Crippen LogP contribution in [0.15, 0.2) is 12.2 Å². The molecule has 3 fully saturated rings. The second-order valence-corrected chi connectivity index (χ2v) is 9.09. The zero-order chi connectivity index (χ0) is 17.1. The van der Waals surface area contributed by atoms with Gasteiger partial charge in [-0.1, -0.05) is 34.3 Å². The van der Waals surface area contributed by atoms with Gasteiger partial charge in [-0.15, -0.1) is 0 Å². The van der Waals surface area contributed by atoms with E-state index in [2.05, 4.69) is 20.4 Å². The van der Waals surface area contributed by atoms with Gasteiger partial charge in [0.2, 0.25) is 0 Å². The first-order chi connectivity index (χ1) is 10.6. The molecule has 3 heteroatoms. The number of fused-ring (bicyclic) bond motifs is 1. The summed E-state index contributed by atoms with van der Waals surface area (Å²) in [4.78, 5) is 12.1. The Morgan fingerprint density at radius 2 is 2.00 bits per heavy atom. The van der Waals surface area contributed by atoms with Crippen molar-refractivity contribution in [3.63, 3.8) is 0 Å². The largest absolute Gasteiger partial charge is 0.365 e. The molecule has 0 aromatic carbocycles. The van der Waals surface area contributed by atoms with Gasteiger partial charge in [-0.25, -0.2) is 0 Å². The quantitative estimate of drug-likeness (QED) is 0.782. The summed E-state index contributed by atoms with van der Waals surface area (Å²) in [6.07, 6.45) is 6.99. The van der Waals surface area contributed by atoms with Gasteiger partial charge in [0.25, 0.3) is 0 Å². The van der Waals surface area contributed by atoms with E-state index >= 15 is 0 Å². The Bertz CT molecular complexity index is 539. The average molecular weight is 320 g/mol. The van der Waals surface area contributed by atoms with E-state index in [0.717, 1.165) is 31.3 Å². The van der Waals surface area contributed by atoms with Gasteiger partial charge in [0.05, 0.1) is 5.60 Å². The maximum Gasteiger partial charge on any atom is 0.172 e. The second kappa shape index (κ2) is 5.16. The highest BCUT2D eigenvalue weighted by Gasteiger charge is 2.71. The molecule has 2 saturated heterocycles. The Balaban J connectivity index is 1.90. The van der Waals surface area contributed by atoms with Gasteiger partial charge in [-0.3, -0.25) is 4.79 Å². The van der Waals surface area contributed by atoms with Crippen LogP contribution in [0.1, 0.15) is 79.1 Å². The minimum absolute atomic E-state index is 0.0583. The number of hydrogen-bond donors (Lipinski definition) is 1. The van der Waals surface area contributed by atoms with Gasteiger partial charge in [-0.2, -0.15) is 0 Å². The molecule has 23 heavy (non-hydrogen) atoms. The highest BCUT2D eigenvalue weighted by Crippen LogP contribution is 2.69. The number of aliphatic hydroxyl groups is 1. The number of ketones is 1. The minimum Gasteiger partial charge on any atom is -0.365 e. The fourth-order valence-electron chi connectivity index (χ4n) is 5.29. The Morgan fingerprint density at radius 1 is 1.30 bits per heavy atom. The van der Waals surface area contributed by atoms with E-state index in [-0.39, 0.29) is 22.5 Å². The monoisotopic (exact) mass is 320 g/mol. The van der Waals surface area contributed by atoms with Gasteiger partial charge in [0, 0.05) is 29.6 Å². The van der Waals surface area contributed by atoms with Crippen molar-refractivity contribution in [1.29, 1.82) is 0 Å². The zero-order valence-corrected chi connectivity index (χ0v) is 15.2. The Morgan fingerprint density at radius 3 is 2.65 bits per heavy atom. The molecule has 1 spiro atoms. The highest BCUT2D eigenvalue weighted by molar-refractivity contribution is 5.80. The molecule has 4 unspecified atom stereocenters. The Hall–Kier alpha value is -0.670. The van der Waals surface area contributed by atoms with Crippen molar-refractivity contribution < 1.29 is 14.6 Å². The van der Waals surface area contributed by atoms with Crippen molar-refractivity contribution in [1.82, 2.24) is 0 Å². The van der Waals surface area contributed by atoms with Crippen LogP contribution in [0, 0.1) is 16.7 Å². The first-order valence-corrected chi connectivity index (χ1v) is 9.21. The minimum atomic E-state index is -1.11. The summed E-state index contributed by atoms with van der Waals surface area (Å²) in [7, 11) is 0. The number of rotatable bonds is 4. The lowest BCUT2D eigenvalue weighted by Crippen LogP contribution is -2.56. The molecule has 2 heterocycles. The predicted molar refractivity (Wildman–Crippen MR) is 90.9 cm³/mol. The number of ether oxygens (including phenoxy) is 1. The van der Waals surface area contributed by atoms with Crippen LogP contribution in [0.3, 0.4) is 0 Å². The molecule has 2 bridgehead atoms. The maximum absolute atomic E-state index is 12.1.